The summed E-state index contributed by atoms with van der Waals surface area (Å²) < 4.78 is 0. The van der Waals surface area contributed by atoms with Crippen molar-refractivity contribution >= 4 is 17.2 Å². The minimum atomic E-state index is -0.400. The summed E-state index contributed by atoms with van der Waals surface area (Å²) in [4.78, 5) is 17.7. The van der Waals surface area contributed by atoms with Gasteiger partial charge in [-0.25, -0.2) is 4.98 Å². The Labute approximate surface area is 135 Å². The Morgan fingerprint density at radius 2 is 2.00 bits per heavy atom. The van der Waals surface area contributed by atoms with Crippen molar-refractivity contribution < 1.29 is 9.90 Å². The number of rotatable bonds is 6. The van der Waals surface area contributed by atoms with Gasteiger partial charge in [0.1, 0.15) is 4.88 Å². The average Bonchev–Trinajstić information content (AvgIpc) is 2.85. The molecule has 0 saturated heterocycles. The molecular weight excluding hydrogens is 296 g/mol. The first kappa shape index (κ1) is 16.6. The van der Waals surface area contributed by atoms with E-state index in [1.807, 2.05) is 37.3 Å². The average molecular weight is 318 g/mol. The fourth-order valence-electron chi connectivity index (χ4n) is 2.32. The third kappa shape index (κ3) is 4.15. The number of aromatic nitrogens is 1. The number of thiazole rings is 1. The van der Waals surface area contributed by atoms with Crippen molar-refractivity contribution in [2.45, 2.75) is 33.2 Å². The molecule has 1 amide bonds. The molecule has 0 aliphatic rings. The number of benzene rings is 1. The van der Waals surface area contributed by atoms with Gasteiger partial charge in [0.05, 0.1) is 23.4 Å². The predicted octanol–water partition coefficient (Wildman–Crippen LogP) is 3.11. The minimum Gasteiger partial charge on any atom is -0.394 e. The topological polar surface area (TPSA) is 62.2 Å². The highest BCUT2D eigenvalue weighted by molar-refractivity contribution is 7.13. The van der Waals surface area contributed by atoms with Gasteiger partial charge in [0, 0.05) is 0 Å². The van der Waals surface area contributed by atoms with Crippen LogP contribution in [0.4, 0.5) is 0 Å². The molecule has 4 nitrogen and oxygen atoms in total. The Morgan fingerprint density at radius 3 is 2.59 bits per heavy atom. The lowest BCUT2D eigenvalue weighted by Gasteiger charge is -2.16. The van der Waals surface area contributed by atoms with Gasteiger partial charge < -0.3 is 10.4 Å². The van der Waals surface area contributed by atoms with Crippen LogP contribution in [0.1, 0.15) is 45.8 Å². The molecule has 118 valence electrons. The molecule has 0 aliphatic heterocycles. The van der Waals surface area contributed by atoms with E-state index in [1.54, 1.807) is 0 Å². The largest absolute Gasteiger partial charge is 0.394 e. The van der Waals surface area contributed by atoms with Gasteiger partial charge in [0.25, 0.3) is 5.91 Å². The monoisotopic (exact) mass is 318 g/mol. The van der Waals surface area contributed by atoms with Crippen molar-refractivity contribution in [3.63, 3.8) is 0 Å². The van der Waals surface area contributed by atoms with Gasteiger partial charge >= 0.3 is 0 Å². The van der Waals surface area contributed by atoms with Crippen molar-refractivity contribution in [1.82, 2.24) is 10.3 Å². The molecule has 0 unspecified atom stereocenters. The van der Waals surface area contributed by atoms with Crippen LogP contribution in [0.5, 0.6) is 0 Å². The fourth-order valence-corrected chi connectivity index (χ4v) is 3.17. The molecule has 2 rings (SSSR count). The van der Waals surface area contributed by atoms with Crippen LogP contribution < -0.4 is 5.32 Å². The molecule has 0 bridgehead atoms. The van der Waals surface area contributed by atoms with E-state index in [0.717, 1.165) is 22.7 Å². The lowest BCUT2D eigenvalue weighted by molar-refractivity contribution is 0.0919. The van der Waals surface area contributed by atoms with Crippen molar-refractivity contribution in [2.75, 3.05) is 6.61 Å². The predicted molar refractivity (Wildman–Crippen MR) is 89.1 cm³/mol. The van der Waals surface area contributed by atoms with E-state index in [-0.39, 0.29) is 12.5 Å². The van der Waals surface area contributed by atoms with E-state index in [0.29, 0.717) is 10.8 Å². The highest BCUT2D eigenvalue weighted by atomic mass is 32.1. The van der Waals surface area contributed by atoms with Crippen molar-refractivity contribution in [3.8, 4) is 0 Å². The van der Waals surface area contributed by atoms with E-state index >= 15 is 0 Å². The van der Waals surface area contributed by atoms with E-state index < -0.39 is 6.04 Å². The number of amides is 1. The third-order valence-electron chi connectivity index (χ3n) is 3.30. The molecular formula is C17H22N2O2S. The number of aliphatic hydroxyl groups is 1. The van der Waals surface area contributed by atoms with Crippen molar-refractivity contribution in [3.05, 3.63) is 51.5 Å². The van der Waals surface area contributed by atoms with E-state index in [1.165, 1.54) is 11.3 Å². The first-order valence-electron chi connectivity index (χ1n) is 7.44. The van der Waals surface area contributed by atoms with Crippen LogP contribution in [-0.2, 0) is 6.42 Å². The summed E-state index contributed by atoms with van der Waals surface area (Å²) in [5, 5.41) is 13.4. The summed E-state index contributed by atoms with van der Waals surface area (Å²) in [5.74, 6) is 0.278. The molecule has 1 aromatic carbocycles. The molecule has 22 heavy (non-hydrogen) atoms. The molecule has 1 atom stereocenters. The highest BCUT2D eigenvalue weighted by Crippen LogP contribution is 2.22. The minimum absolute atomic E-state index is 0.132. The van der Waals surface area contributed by atoms with Gasteiger partial charge in [0.2, 0.25) is 0 Å². The SMILES string of the molecule is Cc1nc(CC(C)C)c(C(=O)N[C@H](CO)c2ccccc2)s1. The second-order valence-electron chi connectivity index (χ2n) is 5.73. The van der Waals surface area contributed by atoms with Crippen molar-refractivity contribution in [1.29, 1.82) is 0 Å². The van der Waals surface area contributed by atoms with Gasteiger partial charge in [-0.3, -0.25) is 4.79 Å². The van der Waals surface area contributed by atoms with Crippen LogP contribution in [0.25, 0.3) is 0 Å². The lowest BCUT2D eigenvalue weighted by Crippen LogP contribution is -2.31. The Bertz CT molecular complexity index is 623. The van der Waals surface area contributed by atoms with Crippen LogP contribution in [0, 0.1) is 12.8 Å². The highest BCUT2D eigenvalue weighted by Gasteiger charge is 2.21. The number of nitrogens with one attached hydrogen (secondary N) is 1. The molecule has 0 saturated carbocycles. The van der Waals surface area contributed by atoms with Crippen LogP contribution in [0.15, 0.2) is 30.3 Å². The normalized spacial score (nSPS) is 12.4. The summed E-state index contributed by atoms with van der Waals surface area (Å²) in [5.41, 5.74) is 1.74. The number of hydrogen-bond donors (Lipinski definition) is 2. The van der Waals surface area contributed by atoms with Crippen LogP contribution in [0.3, 0.4) is 0 Å². The zero-order valence-electron chi connectivity index (χ0n) is 13.2. The zero-order chi connectivity index (χ0) is 16.1. The van der Waals surface area contributed by atoms with Crippen LogP contribution >= 0.6 is 11.3 Å². The molecule has 0 spiro atoms. The van der Waals surface area contributed by atoms with Gasteiger partial charge in [-0.1, -0.05) is 44.2 Å². The maximum absolute atomic E-state index is 12.6. The molecule has 2 aromatic rings. The molecule has 0 fully saturated rings. The molecule has 5 heteroatoms. The summed E-state index contributed by atoms with van der Waals surface area (Å²) >= 11 is 1.41. The van der Waals surface area contributed by atoms with Gasteiger partial charge in [-0.15, -0.1) is 11.3 Å². The summed E-state index contributed by atoms with van der Waals surface area (Å²) in [6, 6.07) is 9.09. The number of nitrogens with zero attached hydrogens (tertiary/aromatic N) is 1. The van der Waals surface area contributed by atoms with Crippen LogP contribution in [-0.4, -0.2) is 22.6 Å². The number of hydrogen-bond acceptors (Lipinski definition) is 4. The standard InChI is InChI=1S/C17H22N2O2S/c1-11(2)9-14-16(22-12(3)18-14)17(21)19-15(10-20)13-7-5-4-6-8-13/h4-8,11,15,20H,9-10H2,1-3H3,(H,19,21)/t15-/m1/s1. The van der Waals surface area contributed by atoms with Gasteiger partial charge in [0.15, 0.2) is 0 Å². The number of carbonyl (C=O) groups excluding carboxylic acids is 1. The van der Waals surface area contributed by atoms with Gasteiger partial charge in [-0.05, 0) is 24.8 Å². The Balaban J connectivity index is 2.18. The lowest BCUT2D eigenvalue weighted by atomic mass is 10.1. The molecule has 2 N–H and O–H groups in total. The second-order valence-corrected chi connectivity index (χ2v) is 6.93. The van der Waals surface area contributed by atoms with Crippen LogP contribution in [0.2, 0.25) is 0 Å². The van der Waals surface area contributed by atoms with Gasteiger partial charge in [-0.2, -0.15) is 0 Å². The Morgan fingerprint density at radius 1 is 1.32 bits per heavy atom. The smallest absolute Gasteiger partial charge is 0.263 e. The maximum Gasteiger partial charge on any atom is 0.263 e. The van der Waals surface area contributed by atoms with E-state index in [9.17, 15) is 9.90 Å². The number of aliphatic hydroxyl groups excluding tert-OH is 1. The van der Waals surface area contributed by atoms with Crippen molar-refractivity contribution in [2.24, 2.45) is 5.92 Å². The Hall–Kier alpha value is -1.72. The zero-order valence-corrected chi connectivity index (χ0v) is 14.0. The number of carbonyl (C=O) groups is 1. The summed E-state index contributed by atoms with van der Waals surface area (Å²) in [7, 11) is 0. The first-order valence-corrected chi connectivity index (χ1v) is 8.26. The number of aryl methyl sites for hydroxylation is 1. The fraction of sp³-hybridized carbons (Fsp3) is 0.412. The first-order chi connectivity index (χ1) is 10.5. The molecule has 0 radical (unpaired) electrons. The molecule has 0 aliphatic carbocycles. The summed E-state index contributed by atoms with van der Waals surface area (Å²) in [6.45, 7) is 5.99. The quantitative estimate of drug-likeness (QED) is 0.860. The summed E-state index contributed by atoms with van der Waals surface area (Å²) in [6.07, 6.45) is 0.780. The second kappa shape index (κ2) is 7.51. The maximum atomic E-state index is 12.6. The van der Waals surface area contributed by atoms with E-state index in [4.69, 9.17) is 0 Å². The third-order valence-corrected chi connectivity index (χ3v) is 4.31. The Kier molecular flexibility index (Phi) is 5.69. The molecule has 1 aromatic heterocycles. The molecule has 1 heterocycles. The van der Waals surface area contributed by atoms with E-state index in [2.05, 4.69) is 24.1 Å².